The van der Waals surface area contributed by atoms with E-state index >= 15 is 0 Å². The molecule has 0 saturated carbocycles. The van der Waals surface area contributed by atoms with Gasteiger partial charge >= 0.3 is 0 Å². The topological polar surface area (TPSA) is 41.5 Å². The third-order valence-electron chi connectivity index (χ3n) is 2.66. The minimum absolute atomic E-state index is 0.108. The molecule has 0 spiro atoms. The summed E-state index contributed by atoms with van der Waals surface area (Å²) in [5.41, 5.74) is 1.20. The van der Waals surface area contributed by atoms with Gasteiger partial charge in [0, 0.05) is 12.1 Å². The second-order valence-electron chi connectivity index (χ2n) is 3.99. The summed E-state index contributed by atoms with van der Waals surface area (Å²) in [7, 11) is 1.67. The fraction of sp³-hybridized carbons (Fsp3) is 0.538. The molecular formula is C13H21NO2. The van der Waals surface area contributed by atoms with Crippen molar-refractivity contribution in [2.45, 2.75) is 32.4 Å². The molecule has 0 radical (unpaired) electrons. The number of hydrogen-bond donors (Lipinski definition) is 2. The van der Waals surface area contributed by atoms with Crippen molar-refractivity contribution in [1.29, 1.82) is 0 Å². The van der Waals surface area contributed by atoms with Gasteiger partial charge in [-0.1, -0.05) is 19.1 Å². The van der Waals surface area contributed by atoms with Gasteiger partial charge in [-0.15, -0.1) is 0 Å². The first-order valence-electron chi connectivity index (χ1n) is 5.72. The Balaban J connectivity index is 2.77. The van der Waals surface area contributed by atoms with Crippen LogP contribution in [0.1, 0.15) is 31.9 Å². The molecule has 16 heavy (non-hydrogen) atoms. The molecule has 3 nitrogen and oxygen atoms in total. The van der Waals surface area contributed by atoms with Crippen molar-refractivity contribution < 1.29 is 9.84 Å². The molecule has 90 valence electrons. The minimum atomic E-state index is 0.108. The van der Waals surface area contributed by atoms with E-state index in [0.29, 0.717) is 0 Å². The van der Waals surface area contributed by atoms with Gasteiger partial charge < -0.3 is 15.2 Å². The number of nitrogens with one attached hydrogen (secondary N) is 1. The molecule has 2 atom stereocenters. The predicted octanol–water partition coefficient (Wildman–Crippen LogP) is 2.12. The van der Waals surface area contributed by atoms with Crippen molar-refractivity contribution in [3.05, 3.63) is 29.8 Å². The fourth-order valence-corrected chi connectivity index (χ4v) is 1.70. The maximum Gasteiger partial charge on any atom is 0.119 e. The molecule has 0 aliphatic heterocycles. The lowest BCUT2D eigenvalue weighted by Crippen LogP contribution is -2.32. The third-order valence-corrected chi connectivity index (χ3v) is 2.66. The summed E-state index contributed by atoms with van der Waals surface area (Å²) in [6.07, 6.45) is 0.984. The van der Waals surface area contributed by atoms with Crippen molar-refractivity contribution in [1.82, 2.24) is 5.32 Å². The van der Waals surface area contributed by atoms with Crippen LogP contribution in [0.5, 0.6) is 5.75 Å². The molecule has 0 bridgehead atoms. The van der Waals surface area contributed by atoms with Crippen LogP contribution in [0, 0.1) is 0 Å². The van der Waals surface area contributed by atoms with E-state index in [1.807, 2.05) is 25.1 Å². The summed E-state index contributed by atoms with van der Waals surface area (Å²) in [6, 6.07) is 8.40. The number of aliphatic hydroxyl groups excluding tert-OH is 1. The first kappa shape index (κ1) is 13.0. The number of ether oxygens (including phenoxy) is 1. The van der Waals surface area contributed by atoms with Gasteiger partial charge in [0.2, 0.25) is 0 Å². The van der Waals surface area contributed by atoms with E-state index in [-0.39, 0.29) is 18.7 Å². The van der Waals surface area contributed by atoms with Crippen LogP contribution in [0.25, 0.3) is 0 Å². The van der Waals surface area contributed by atoms with Crippen LogP contribution in [0.3, 0.4) is 0 Å². The number of hydrogen-bond acceptors (Lipinski definition) is 3. The lowest BCUT2D eigenvalue weighted by molar-refractivity contribution is 0.239. The molecule has 1 aromatic rings. The van der Waals surface area contributed by atoms with Crippen LogP contribution in [0.4, 0.5) is 0 Å². The van der Waals surface area contributed by atoms with E-state index in [1.54, 1.807) is 7.11 Å². The molecule has 0 saturated heterocycles. The maximum atomic E-state index is 9.04. The van der Waals surface area contributed by atoms with Crippen LogP contribution in [-0.4, -0.2) is 24.9 Å². The second kappa shape index (κ2) is 6.51. The first-order chi connectivity index (χ1) is 7.71. The average Bonchev–Trinajstić information content (AvgIpc) is 2.35. The fourth-order valence-electron chi connectivity index (χ4n) is 1.70. The molecule has 0 aliphatic carbocycles. The molecule has 3 heteroatoms. The van der Waals surface area contributed by atoms with E-state index < -0.39 is 0 Å². The summed E-state index contributed by atoms with van der Waals surface area (Å²) in [4.78, 5) is 0. The first-order valence-corrected chi connectivity index (χ1v) is 5.72. The summed E-state index contributed by atoms with van der Waals surface area (Å²) in [5.74, 6) is 0.870. The Bertz CT molecular complexity index is 315. The Morgan fingerprint density at radius 1 is 1.44 bits per heavy atom. The number of aliphatic hydroxyl groups is 1. The molecule has 1 aromatic carbocycles. The predicted molar refractivity (Wildman–Crippen MR) is 65.7 cm³/mol. The molecular weight excluding hydrogens is 202 g/mol. The van der Waals surface area contributed by atoms with E-state index in [0.717, 1.165) is 12.2 Å². The van der Waals surface area contributed by atoms with Crippen LogP contribution in [0.2, 0.25) is 0 Å². The van der Waals surface area contributed by atoms with Gasteiger partial charge in [-0.05, 0) is 31.0 Å². The van der Waals surface area contributed by atoms with Crippen LogP contribution < -0.4 is 10.1 Å². The zero-order chi connectivity index (χ0) is 12.0. The van der Waals surface area contributed by atoms with E-state index in [2.05, 4.69) is 18.3 Å². The number of rotatable bonds is 6. The van der Waals surface area contributed by atoms with Crippen molar-refractivity contribution in [2.24, 2.45) is 0 Å². The maximum absolute atomic E-state index is 9.04. The molecule has 0 aliphatic rings. The van der Waals surface area contributed by atoms with Gasteiger partial charge in [0.15, 0.2) is 0 Å². The monoisotopic (exact) mass is 223 g/mol. The highest BCUT2D eigenvalue weighted by atomic mass is 16.5. The van der Waals surface area contributed by atoms with Crippen LogP contribution in [-0.2, 0) is 0 Å². The summed E-state index contributed by atoms with van der Waals surface area (Å²) < 4.78 is 5.20. The molecule has 0 heterocycles. The van der Waals surface area contributed by atoms with E-state index in [1.165, 1.54) is 5.56 Å². The largest absolute Gasteiger partial charge is 0.497 e. The van der Waals surface area contributed by atoms with Gasteiger partial charge in [-0.3, -0.25) is 0 Å². The number of benzene rings is 1. The van der Waals surface area contributed by atoms with Crippen molar-refractivity contribution in [2.75, 3.05) is 13.7 Å². The molecule has 2 N–H and O–H groups in total. The zero-order valence-corrected chi connectivity index (χ0v) is 10.2. The van der Waals surface area contributed by atoms with E-state index in [9.17, 15) is 0 Å². The Labute approximate surface area is 97.4 Å². The highest BCUT2D eigenvalue weighted by Gasteiger charge is 2.12. The zero-order valence-electron chi connectivity index (χ0n) is 10.2. The van der Waals surface area contributed by atoms with Gasteiger partial charge in [-0.2, -0.15) is 0 Å². The standard InChI is InChI=1S/C13H21NO2/c1-4-13(14-10(2)9-15)11-6-5-7-12(8-11)16-3/h5-8,10,13-15H,4,9H2,1-3H3/t10-,13?/m0/s1. The van der Waals surface area contributed by atoms with Crippen LogP contribution >= 0.6 is 0 Å². The van der Waals surface area contributed by atoms with Crippen LogP contribution in [0.15, 0.2) is 24.3 Å². The smallest absolute Gasteiger partial charge is 0.119 e. The minimum Gasteiger partial charge on any atom is -0.497 e. The highest BCUT2D eigenvalue weighted by molar-refractivity contribution is 5.30. The lowest BCUT2D eigenvalue weighted by Gasteiger charge is -2.21. The van der Waals surface area contributed by atoms with E-state index in [4.69, 9.17) is 9.84 Å². The normalized spacial score (nSPS) is 14.5. The average molecular weight is 223 g/mol. The van der Waals surface area contributed by atoms with Gasteiger partial charge in [0.05, 0.1) is 13.7 Å². The lowest BCUT2D eigenvalue weighted by atomic mass is 10.0. The Kier molecular flexibility index (Phi) is 5.29. The second-order valence-corrected chi connectivity index (χ2v) is 3.99. The van der Waals surface area contributed by atoms with Crippen molar-refractivity contribution in [3.63, 3.8) is 0 Å². The SMILES string of the molecule is CCC(N[C@@H](C)CO)c1cccc(OC)c1. The Hall–Kier alpha value is -1.06. The Morgan fingerprint density at radius 3 is 2.75 bits per heavy atom. The molecule has 1 rings (SSSR count). The summed E-state index contributed by atoms with van der Waals surface area (Å²) in [6.45, 7) is 4.25. The molecule has 0 aromatic heterocycles. The van der Waals surface area contributed by atoms with Crippen molar-refractivity contribution >= 4 is 0 Å². The van der Waals surface area contributed by atoms with Gasteiger partial charge in [0.25, 0.3) is 0 Å². The van der Waals surface area contributed by atoms with Gasteiger partial charge in [-0.25, -0.2) is 0 Å². The number of methoxy groups -OCH3 is 1. The molecule has 0 fully saturated rings. The summed E-state index contributed by atoms with van der Waals surface area (Å²) >= 11 is 0. The highest BCUT2D eigenvalue weighted by Crippen LogP contribution is 2.21. The van der Waals surface area contributed by atoms with Gasteiger partial charge in [0.1, 0.15) is 5.75 Å². The summed E-state index contributed by atoms with van der Waals surface area (Å²) in [5, 5.41) is 12.4. The molecule has 0 amide bonds. The van der Waals surface area contributed by atoms with Crippen molar-refractivity contribution in [3.8, 4) is 5.75 Å². The third kappa shape index (κ3) is 3.51. The Morgan fingerprint density at radius 2 is 2.19 bits per heavy atom. The quantitative estimate of drug-likeness (QED) is 0.776. The molecule has 1 unspecified atom stereocenters.